The van der Waals surface area contributed by atoms with Crippen LogP contribution in [0.4, 0.5) is 11.4 Å². The van der Waals surface area contributed by atoms with E-state index in [1.807, 2.05) is 6.07 Å². The van der Waals surface area contributed by atoms with Gasteiger partial charge in [0.1, 0.15) is 0 Å². The van der Waals surface area contributed by atoms with E-state index in [0.717, 1.165) is 10.0 Å². The van der Waals surface area contributed by atoms with Crippen molar-refractivity contribution in [3.05, 3.63) is 58.1 Å². The van der Waals surface area contributed by atoms with Gasteiger partial charge in [-0.3, -0.25) is 14.9 Å². The van der Waals surface area contributed by atoms with E-state index >= 15 is 0 Å². The fourth-order valence-electron chi connectivity index (χ4n) is 2.44. The van der Waals surface area contributed by atoms with Gasteiger partial charge in [0.05, 0.1) is 0 Å². The summed E-state index contributed by atoms with van der Waals surface area (Å²) in [4.78, 5) is 23.5. The summed E-state index contributed by atoms with van der Waals surface area (Å²) in [6.45, 7) is 7.79. The molecule has 2 amide bonds. The van der Waals surface area contributed by atoms with Gasteiger partial charge in [-0.2, -0.15) is 0 Å². The Labute approximate surface area is 173 Å². The van der Waals surface area contributed by atoms with Gasteiger partial charge in [-0.15, -0.1) is 0 Å². The second-order valence-electron chi connectivity index (χ2n) is 7.11. The number of carbonyl (C=O) groups excluding carboxylic acids is 2. The smallest absolute Gasteiger partial charge is 0.257 e. The molecule has 7 heteroatoms. The van der Waals surface area contributed by atoms with Crippen molar-refractivity contribution >= 4 is 56.4 Å². The van der Waals surface area contributed by atoms with Crippen LogP contribution in [0.3, 0.4) is 0 Å². The van der Waals surface area contributed by atoms with Gasteiger partial charge < -0.3 is 10.6 Å². The Morgan fingerprint density at radius 3 is 2.00 bits per heavy atom. The Bertz CT molecular complexity index is 874. The number of nitrogens with one attached hydrogen (secondary N) is 3. The van der Waals surface area contributed by atoms with E-state index < -0.39 is 0 Å². The Morgan fingerprint density at radius 2 is 1.52 bits per heavy atom. The maximum absolute atomic E-state index is 12.4. The maximum atomic E-state index is 12.4. The molecule has 0 radical (unpaired) electrons. The van der Waals surface area contributed by atoms with E-state index in [1.165, 1.54) is 6.92 Å². The second-order valence-corrected chi connectivity index (χ2v) is 8.37. The summed E-state index contributed by atoms with van der Waals surface area (Å²) in [7, 11) is 0. The molecule has 0 bridgehead atoms. The molecule has 5 nitrogen and oxygen atoms in total. The molecule has 0 atom stereocenters. The number of amides is 2. The number of hydrogen-bond acceptors (Lipinski definition) is 3. The van der Waals surface area contributed by atoms with Crippen LogP contribution in [-0.4, -0.2) is 16.9 Å². The van der Waals surface area contributed by atoms with E-state index in [-0.39, 0.29) is 22.3 Å². The van der Waals surface area contributed by atoms with Crippen LogP contribution < -0.4 is 16.0 Å². The third-order valence-electron chi connectivity index (χ3n) is 3.73. The average Bonchev–Trinajstić information content (AvgIpc) is 2.54. The third-order valence-corrected chi connectivity index (χ3v) is 4.59. The van der Waals surface area contributed by atoms with Crippen LogP contribution in [0.15, 0.2) is 46.9 Å². The van der Waals surface area contributed by atoms with Crippen molar-refractivity contribution in [2.24, 2.45) is 0 Å². The monoisotopic (exact) mass is 447 g/mol. The Balaban J connectivity index is 2.00. The van der Waals surface area contributed by atoms with Crippen molar-refractivity contribution in [2.75, 3.05) is 10.6 Å². The van der Waals surface area contributed by atoms with Crippen LogP contribution in [0.1, 0.15) is 43.6 Å². The molecule has 2 aromatic rings. The lowest BCUT2D eigenvalue weighted by Gasteiger charge is -2.21. The summed E-state index contributed by atoms with van der Waals surface area (Å²) in [6.07, 6.45) is 0. The molecule has 2 rings (SSSR count). The fraction of sp³-hybridized carbons (Fsp3) is 0.250. The van der Waals surface area contributed by atoms with Crippen LogP contribution in [0.25, 0.3) is 0 Å². The Kier molecular flexibility index (Phi) is 6.73. The molecule has 0 fully saturated rings. The van der Waals surface area contributed by atoms with Crippen molar-refractivity contribution in [3.63, 3.8) is 0 Å². The summed E-state index contributed by atoms with van der Waals surface area (Å²) in [5.74, 6) is -0.425. The van der Waals surface area contributed by atoms with E-state index in [2.05, 4.69) is 52.7 Å². The molecule has 0 unspecified atom stereocenters. The second kappa shape index (κ2) is 8.63. The number of rotatable bonds is 3. The van der Waals surface area contributed by atoms with Crippen molar-refractivity contribution < 1.29 is 9.59 Å². The van der Waals surface area contributed by atoms with Gasteiger partial charge in [-0.25, -0.2) is 0 Å². The molecular weight excluding hydrogens is 426 g/mol. The lowest BCUT2D eigenvalue weighted by atomic mass is 9.86. The Morgan fingerprint density at radius 1 is 0.963 bits per heavy atom. The highest BCUT2D eigenvalue weighted by atomic mass is 79.9. The molecule has 0 aliphatic rings. The van der Waals surface area contributed by atoms with E-state index in [9.17, 15) is 9.59 Å². The number of thiocarbonyl (C=S) groups is 1. The fourth-order valence-corrected chi connectivity index (χ4v) is 3.63. The van der Waals surface area contributed by atoms with Crippen molar-refractivity contribution in [1.82, 2.24) is 5.32 Å². The quantitative estimate of drug-likeness (QED) is 0.589. The van der Waals surface area contributed by atoms with Gasteiger partial charge in [0.15, 0.2) is 5.11 Å². The molecular formula is C20H22BrN3O2S. The average molecular weight is 448 g/mol. The zero-order valence-electron chi connectivity index (χ0n) is 15.6. The van der Waals surface area contributed by atoms with Crippen molar-refractivity contribution in [3.8, 4) is 0 Å². The van der Waals surface area contributed by atoms with Gasteiger partial charge >= 0.3 is 0 Å². The molecule has 0 spiro atoms. The number of carbonyl (C=O) groups is 2. The molecule has 27 heavy (non-hydrogen) atoms. The highest BCUT2D eigenvalue weighted by molar-refractivity contribution is 9.10. The summed E-state index contributed by atoms with van der Waals surface area (Å²) < 4.78 is 0.884. The first kappa shape index (κ1) is 21.1. The van der Waals surface area contributed by atoms with Crippen LogP contribution in [0.5, 0.6) is 0 Å². The minimum absolute atomic E-state index is 0.0197. The minimum Gasteiger partial charge on any atom is -0.332 e. The third kappa shape index (κ3) is 6.15. The van der Waals surface area contributed by atoms with Crippen LogP contribution in [-0.2, 0) is 10.2 Å². The largest absolute Gasteiger partial charge is 0.332 e. The molecule has 0 saturated heterocycles. The number of anilines is 2. The highest BCUT2D eigenvalue weighted by Crippen LogP contribution is 2.30. The predicted octanol–water partition coefficient (Wildman–Crippen LogP) is 4.83. The standard InChI is InChI=1S/C20H22BrN3O2S/c1-12(25)22-14-6-8-15(9-7-14)23-19(27)24-18(26)13-5-10-16(17(21)11-13)20(2,3)4/h5-11H,1-4H3,(H,22,25)(H2,23,24,26,27). The topological polar surface area (TPSA) is 70.2 Å². The van der Waals surface area contributed by atoms with Gasteiger partial charge in [0, 0.05) is 28.3 Å². The highest BCUT2D eigenvalue weighted by Gasteiger charge is 2.18. The molecule has 0 saturated carbocycles. The van der Waals surface area contributed by atoms with E-state index in [0.29, 0.717) is 16.9 Å². The zero-order valence-corrected chi connectivity index (χ0v) is 18.0. The van der Waals surface area contributed by atoms with E-state index in [1.54, 1.807) is 36.4 Å². The predicted molar refractivity (Wildman–Crippen MR) is 117 cm³/mol. The molecule has 142 valence electrons. The number of benzene rings is 2. The number of halogens is 1. The lowest BCUT2D eigenvalue weighted by Crippen LogP contribution is -2.34. The van der Waals surface area contributed by atoms with Crippen molar-refractivity contribution in [2.45, 2.75) is 33.1 Å². The molecule has 0 heterocycles. The van der Waals surface area contributed by atoms with Crippen LogP contribution in [0, 0.1) is 0 Å². The molecule has 0 aliphatic heterocycles. The summed E-state index contributed by atoms with van der Waals surface area (Å²) >= 11 is 8.74. The van der Waals surface area contributed by atoms with E-state index in [4.69, 9.17) is 12.2 Å². The normalized spacial score (nSPS) is 10.9. The molecule has 0 aromatic heterocycles. The molecule has 3 N–H and O–H groups in total. The zero-order chi connectivity index (χ0) is 20.2. The van der Waals surface area contributed by atoms with Crippen LogP contribution in [0.2, 0.25) is 0 Å². The minimum atomic E-state index is -0.288. The summed E-state index contributed by atoms with van der Waals surface area (Å²) in [6, 6.07) is 12.5. The van der Waals surface area contributed by atoms with Gasteiger partial charge in [0.25, 0.3) is 5.91 Å². The maximum Gasteiger partial charge on any atom is 0.257 e. The lowest BCUT2D eigenvalue weighted by molar-refractivity contribution is -0.114. The first-order valence-electron chi connectivity index (χ1n) is 8.36. The van der Waals surface area contributed by atoms with Gasteiger partial charge in [-0.1, -0.05) is 42.8 Å². The molecule has 0 aliphatic carbocycles. The van der Waals surface area contributed by atoms with Gasteiger partial charge in [-0.05, 0) is 59.6 Å². The SMILES string of the molecule is CC(=O)Nc1ccc(NC(=S)NC(=O)c2ccc(C(C)(C)C)c(Br)c2)cc1. The summed E-state index contributed by atoms with van der Waals surface area (Å²) in [5.41, 5.74) is 3.01. The van der Waals surface area contributed by atoms with Crippen molar-refractivity contribution in [1.29, 1.82) is 0 Å². The molecule has 2 aromatic carbocycles. The first-order valence-corrected chi connectivity index (χ1v) is 9.56. The first-order chi connectivity index (χ1) is 12.6. The van der Waals surface area contributed by atoms with Crippen LogP contribution >= 0.6 is 28.1 Å². The summed E-state index contributed by atoms with van der Waals surface area (Å²) in [5, 5.41) is 8.50. The Hall–Kier alpha value is -2.25. The van der Waals surface area contributed by atoms with Gasteiger partial charge in [0.2, 0.25) is 5.91 Å². The number of hydrogen-bond donors (Lipinski definition) is 3.